The van der Waals surface area contributed by atoms with Gasteiger partial charge in [0.25, 0.3) is 0 Å². The van der Waals surface area contributed by atoms with E-state index in [-0.39, 0.29) is 5.78 Å². The van der Waals surface area contributed by atoms with Gasteiger partial charge < -0.3 is 0 Å². The first-order valence-corrected chi connectivity index (χ1v) is 7.76. The van der Waals surface area contributed by atoms with Crippen molar-refractivity contribution >= 4 is 11.9 Å². The molecule has 0 aromatic heterocycles. The van der Waals surface area contributed by atoms with Gasteiger partial charge in [-0.3, -0.25) is 4.79 Å². The lowest BCUT2D eigenvalue weighted by Crippen LogP contribution is -2.37. The maximum atomic E-state index is 13.5. The Morgan fingerprint density at radius 1 is 0.609 bits per heavy atom. The second-order valence-electron chi connectivity index (χ2n) is 5.79. The lowest BCUT2D eigenvalue weighted by molar-refractivity contribution is 0.0937. The number of carbonyl (C=O) groups excluding carboxylic acids is 1. The summed E-state index contributed by atoms with van der Waals surface area (Å²) in [6, 6.07) is 27.8. The van der Waals surface area contributed by atoms with Crippen LogP contribution in [0.1, 0.15) is 27.0 Å². The minimum Gasteiger partial charge on any atom is -0.292 e. The number of rotatable bonds is 2. The number of hydrogen-bond donors (Lipinski definition) is 0. The number of Topliss-reactive ketones (excluding diaryl/α,β-unsaturated/α-hetero) is 1. The lowest BCUT2D eigenvalue weighted by Gasteiger charge is -2.33. The molecule has 3 aromatic carbocycles. The van der Waals surface area contributed by atoms with E-state index in [0.29, 0.717) is 0 Å². The van der Waals surface area contributed by atoms with Crippen molar-refractivity contribution in [2.75, 3.05) is 0 Å². The molecule has 0 aliphatic heterocycles. The Bertz CT molecular complexity index is 837. The highest BCUT2D eigenvalue weighted by Crippen LogP contribution is 2.41. The Morgan fingerprint density at radius 3 is 1.74 bits per heavy atom. The van der Waals surface area contributed by atoms with E-state index < -0.39 is 5.41 Å². The van der Waals surface area contributed by atoms with Crippen molar-refractivity contribution in [1.29, 1.82) is 0 Å². The molecule has 0 fully saturated rings. The first-order chi connectivity index (χ1) is 11.3. The number of carbonyl (C=O) groups is 1. The van der Waals surface area contributed by atoms with Crippen molar-refractivity contribution in [3.63, 3.8) is 0 Å². The monoisotopic (exact) mass is 296 g/mol. The molecule has 0 unspecified atom stereocenters. The van der Waals surface area contributed by atoms with Crippen LogP contribution in [-0.4, -0.2) is 5.78 Å². The summed E-state index contributed by atoms with van der Waals surface area (Å²) in [5.74, 6) is 0.132. The number of fused-ring (bicyclic) bond motifs is 1. The standard InChI is InChI=1S/C22H16O/c23-21-20-14-8-7-9-17(20)15-16-22(21,18-10-3-1-4-11-18)19-12-5-2-6-13-19/h1-16H. The smallest absolute Gasteiger partial charge is 0.182 e. The van der Waals surface area contributed by atoms with Gasteiger partial charge in [0.05, 0.1) is 0 Å². The van der Waals surface area contributed by atoms with Crippen molar-refractivity contribution in [1.82, 2.24) is 0 Å². The number of ketones is 1. The van der Waals surface area contributed by atoms with Crippen LogP contribution in [0.2, 0.25) is 0 Å². The molecule has 0 saturated carbocycles. The highest BCUT2D eigenvalue weighted by Gasteiger charge is 2.42. The maximum Gasteiger partial charge on any atom is 0.182 e. The van der Waals surface area contributed by atoms with Crippen molar-refractivity contribution < 1.29 is 4.79 Å². The summed E-state index contributed by atoms with van der Waals surface area (Å²) in [6.45, 7) is 0. The topological polar surface area (TPSA) is 17.1 Å². The van der Waals surface area contributed by atoms with E-state index in [1.165, 1.54) is 0 Å². The minimum absolute atomic E-state index is 0.132. The SMILES string of the molecule is O=C1c2ccccc2C=CC1(c1ccccc1)c1ccccc1. The van der Waals surface area contributed by atoms with Gasteiger partial charge in [0, 0.05) is 5.56 Å². The van der Waals surface area contributed by atoms with Crippen LogP contribution in [0.4, 0.5) is 0 Å². The third kappa shape index (κ3) is 2.05. The third-order valence-electron chi connectivity index (χ3n) is 4.53. The average molecular weight is 296 g/mol. The van der Waals surface area contributed by atoms with Gasteiger partial charge in [0.2, 0.25) is 0 Å². The molecule has 1 aliphatic carbocycles. The first kappa shape index (κ1) is 13.7. The van der Waals surface area contributed by atoms with Crippen LogP contribution in [0.5, 0.6) is 0 Å². The molecule has 1 nitrogen and oxygen atoms in total. The molecule has 4 rings (SSSR count). The molecular formula is C22H16O. The van der Waals surface area contributed by atoms with Gasteiger partial charge in [-0.25, -0.2) is 0 Å². The summed E-state index contributed by atoms with van der Waals surface area (Å²) in [7, 11) is 0. The van der Waals surface area contributed by atoms with Gasteiger partial charge in [-0.1, -0.05) is 97.1 Å². The Morgan fingerprint density at radius 2 is 1.13 bits per heavy atom. The Labute approximate surface area is 135 Å². The average Bonchev–Trinajstić information content (AvgIpc) is 2.64. The molecule has 23 heavy (non-hydrogen) atoms. The Hall–Kier alpha value is -2.93. The van der Waals surface area contributed by atoms with Crippen molar-refractivity contribution in [3.05, 3.63) is 113 Å². The Kier molecular flexibility index (Phi) is 3.20. The maximum absolute atomic E-state index is 13.5. The number of hydrogen-bond acceptors (Lipinski definition) is 1. The quantitative estimate of drug-likeness (QED) is 0.658. The van der Waals surface area contributed by atoms with E-state index in [1.54, 1.807) is 0 Å². The van der Waals surface area contributed by atoms with Crippen LogP contribution in [0.3, 0.4) is 0 Å². The molecule has 0 heterocycles. The van der Waals surface area contributed by atoms with E-state index in [9.17, 15) is 4.79 Å². The normalized spacial score (nSPS) is 15.2. The molecule has 1 aliphatic rings. The summed E-state index contributed by atoms with van der Waals surface area (Å²) in [5.41, 5.74) is 3.02. The molecule has 3 aromatic rings. The van der Waals surface area contributed by atoms with E-state index in [0.717, 1.165) is 22.3 Å². The van der Waals surface area contributed by atoms with Crippen LogP contribution in [0, 0.1) is 0 Å². The number of allylic oxidation sites excluding steroid dienone is 1. The van der Waals surface area contributed by atoms with E-state index in [1.807, 2.05) is 91.0 Å². The van der Waals surface area contributed by atoms with E-state index in [2.05, 4.69) is 6.08 Å². The van der Waals surface area contributed by atoms with Gasteiger partial charge >= 0.3 is 0 Å². The van der Waals surface area contributed by atoms with E-state index in [4.69, 9.17) is 0 Å². The van der Waals surface area contributed by atoms with Crippen molar-refractivity contribution in [3.8, 4) is 0 Å². The van der Waals surface area contributed by atoms with Gasteiger partial charge in [-0.2, -0.15) is 0 Å². The summed E-state index contributed by atoms with van der Waals surface area (Å²) in [5, 5.41) is 0. The molecular weight excluding hydrogens is 280 g/mol. The van der Waals surface area contributed by atoms with Gasteiger partial charge in [0.1, 0.15) is 5.41 Å². The molecule has 110 valence electrons. The predicted octanol–water partition coefficient (Wildman–Crippen LogP) is 4.88. The fourth-order valence-corrected chi connectivity index (χ4v) is 3.38. The zero-order valence-corrected chi connectivity index (χ0v) is 12.6. The Balaban J connectivity index is 2.02. The third-order valence-corrected chi connectivity index (χ3v) is 4.53. The van der Waals surface area contributed by atoms with Gasteiger partial charge in [-0.15, -0.1) is 0 Å². The minimum atomic E-state index is -0.753. The second-order valence-corrected chi connectivity index (χ2v) is 5.79. The number of benzene rings is 3. The van der Waals surface area contributed by atoms with Crippen LogP contribution >= 0.6 is 0 Å². The zero-order chi connectivity index (χ0) is 15.7. The molecule has 0 radical (unpaired) electrons. The molecule has 0 bridgehead atoms. The largest absolute Gasteiger partial charge is 0.292 e. The van der Waals surface area contributed by atoms with Crippen LogP contribution in [0.15, 0.2) is 91.0 Å². The first-order valence-electron chi connectivity index (χ1n) is 7.76. The zero-order valence-electron chi connectivity index (χ0n) is 12.6. The fourth-order valence-electron chi connectivity index (χ4n) is 3.38. The van der Waals surface area contributed by atoms with Crippen molar-refractivity contribution in [2.24, 2.45) is 0 Å². The molecule has 0 N–H and O–H groups in total. The molecule has 0 spiro atoms. The summed E-state index contributed by atoms with van der Waals surface area (Å²) in [4.78, 5) is 13.5. The predicted molar refractivity (Wildman–Crippen MR) is 93.5 cm³/mol. The van der Waals surface area contributed by atoms with E-state index >= 15 is 0 Å². The van der Waals surface area contributed by atoms with Crippen LogP contribution < -0.4 is 0 Å². The highest BCUT2D eigenvalue weighted by atomic mass is 16.1. The second kappa shape index (κ2) is 5.36. The molecule has 1 heteroatoms. The summed E-state index contributed by atoms with van der Waals surface area (Å²) < 4.78 is 0. The van der Waals surface area contributed by atoms with Gasteiger partial charge in [0.15, 0.2) is 5.78 Å². The summed E-state index contributed by atoms with van der Waals surface area (Å²) >= 11 is 0. The fraction of sp³-hybridized carbons (Fsp3) is 0.0455. The lowest BCUT2D eigenvalue weighted by atomic mass is 9.66. The molecule has 0 atom stereocenters. The molecule has 0 amide bonds. The van der Waals surface area contributed by atoms with Crippen LogP contribution in [-0.2, 0) is 5.41 Å². The van der Waals surface area contributed by atoms with Gasteiger partial charge in [-0.05, 0) is 16.7 Å². The molecule has 0 saturated heterocycles. The highest BCUT2D eigenvalue weighted by molar-refractivity contribution is 6.12. The van der Waals surface area contributed by atoms with Crippen molar-refractivity contribution in [2.45, 2.75) is 5.41 Å². The summed E-state index contributed by atoms with van der Waals surface area (Å²) in [6.07, 6.45) is 4.11. The van der Waals surface area contributed by atoms with Crippen LogP contribution in [0.25, 0.3) is 6.08 Å².